The van der Waals surface area contributed by atoms with Crippen LogP contribution in [0.5, 0.6) is 0 Å². The van der Waals surface area contributed by atoms with E-state index in [4.69, 9.17) is 0 Å². The molecule has 1 aromatic rings. The van der Waals surface area contributed by atoms with Gasteiger partial charge in [0.05, 0.1) is 6.10 Å². The zero-order valence-corrected chi connectivity index (χ0v) is 11.0. The fraction of sp³-hybridized carbons (Fsp3) is 0.600. The van der Waals surface area contributed by atoms with Crippen molar-refractivity contribution < 1.29 is 5.11 Å². The molecule has 0 aliphatic carbocycles. The maximum Gasteiger partial charge on any atom is 0.0543 e. The monoisotopic (exact) mass is 220 g/mol. The quantitative estimate of drug-likeness (QED) is 0.802. The maximum absolute atomic E-state index is 9.75. The molecular weight excluding hydrogens is 196 g/mol. The van der Waals surface area contributed by atoms with Gasteiger partial charge in [-0.15, -0.1) is 0 Å². The van der Waals surface area contributed by atoms with Crippen molar-refractivity contribution in [1.29, 1.82) is 0 Å². The van der Waals surface area contributed by atoms with Crippen molar-refractivity contribution in [3.8, 4) is 0 Å². The molecule has 0 aliphatic rings. The fourth-order valence-corrected chi connectivity index (χ4v) is 2.39. The van der Waals surface area contributed by atoms with E-state index in [2.05, 4.69) is 39.8 Å². The highest BCUT2D eigenvalue weighted by atomic mass is 16.3. The Morgan fingerprint density at radius 2 is 1.62 bits per heavy atom. The average Bonchev–Trinajstić information content (AvgIpc) is 2.16. The third-order valence-corrected chi connectivity index (χ3v) is 3.19. The summed E-state index contributed by atoms with van der Waals surface area (Å²) in [5.74, 6) is 0. The molecule has 0 bridgehead atoms. The lowest BCUT2D eigenvalue weighted by molar-refractivity contribution is 0.154. The number of aliphatic hydroxyl groups is 1. The van der Waals surface area contributed by atoms with Crippen LogP contribution in [0.2, 0.25) is 0 Å². The summed E-state index contributed by atoms with van der Waals surface area (Å²) in [4.78, 5) is 0. The van der Waals surface area contributed by atoms with E-state index in [1.807, 2.05) is 0 Å². The molecule has 1 unspecified atom stereocenters. The molecule has 0 heterocycles. The second kappa shape index (κ2) is 6.05. The van der Waals surface area contributed by atoms with E-state index in [1.54, 1.807) is 0 Å². The van der Waals surface area contributed by atoms with Crippen molar-refractivity contribution in [3.05, 3.63) is 34.4 Å². The lowest BCUT2D eigenvalue weighted by Gasteiger charge is -2.14. The Kier molecular flexibility index (Phi) is 5.01. The number of benzene rings is 1. The lowest BCUT2D eigenvalue weighted by atomic mass is 9.94. The van der Waals surface area contributed by atoms with Gasteiger partial charge in [0.1, 0.15) is 0 Å². The smallest absolute Gasteiger partial charge is 0.0543 e. The highest BCUT2D eigenvalue weighted by molar-refractivity contribution is 5.37. The predicted molar refractivity (Wildman–Crippen MR) is 69.9 cm³/mol. The van der Waals surface area contributed by atoms with E-state index in [1.165, 1.54) is 22.3 Å². The van der Waals surface area contributed by atoms with Crippen molar-refractivity contribution in [2.75, 3.05) is 0 Å². The Morgan fingerprint density at radius 1 is 1.06 bits per heavy atom. The molecule has 1 nitrogen and oxygen atoms in total. The minimum absolute atomic E-state index is 0.134. The highest BCUT2D eigenvalue weighted by Gasteiger charge is 2.07. The van der Waals surface area contributed by atoms with E-state index >= 15 is 0 Å². The van der Waals surface area contributed by atoms with Gasteiger partial charge in [-0.25, -0.2) is 0 Å². The van der Waals surface area contributed by atoms with Crippen molar-refractivity contribution in [2.45, 2.75) is 59.5 Å². The van der Waals surface area contributed by atoms with Gasteiger partial charge in [-0.2, -0.15) is 0 Å². The summed E-state index contributed by atoms with van der Waals surface area (Å²) < 4.78 is 0. The molecule has 90 valence electrons. The van der Waals surface area contributed by atoms with Gasteiger partial charge in [-0.05, 0) is 56.7 Å². The summed E-state index contributed by atoms with van der Waals surface area (Å²) in [6, 6.07) is 4.46. The average molecular weight is 220 g/mol. The van der Waals surface area contributed by atoms with Crippen LogP contribution >= 0.6 is 0 Å². The molecule has 1 atom stereocenters. The molecule has 0 spiro atoms. The zero-order valence-electron chi connectivity index (χ0n) is 11.0. The van der Waals surface area contributed by atoms with Crippen LogP contribution in [0.4, 0.5) is 0 Å². The van der Waals surface area contributed by atoms with Crippen LogP contribution in [0.25, 0.3) is 0 Å². The minimum Gasteiger partial charge on any atom is -0.393 e. The number of hydrogen-bond acceptors (Lipinski definition) is 1. The number of hydrogen-bond donors (Lipinski definition) is 1. The van der Waals surface area contributed by atoms with Crippen LogP contribution in [0.3, 0.4) is 0 Å². The molecule has 0 radical (unpaired) electrons. The highest BCUT2D eigenvalue weighted by Crippen LogP contribution is 2.19. The first-order chi connectivity index (χ1) is 7.54. The van der Waals surface area contributed by atoms with Crippen molar-refractivity contribution in [2.24, 2.45) is 0 Å². The minimum atomic E-state index is -0.134. The van der Waals surface area contributed by atoms with E-state index in [-0.39, 0.29) is 6.10 Å². The summed E-state index contributed by atoms with van der Waals surface area (Å²) >= 11 is 0. The number of aliphatic hydroxyl groups excluding tert-OH is 1. The first-order valence-corrected chi connectivity index (χ1v) is 6.29. The second-order valence-corrected chi connectivity index (χ2v) is 4.86. The lowest BCUT2D eigenvalue weighted by Crippen LogP contribution is -2.08. The summed E-state index contributed by atoms with van der Waals surface area (Å²) in [6.45, 7) is 8.59. The molecular formula is C15H24O. The maximum atomic E-state index is 9.75. The second-order valence-electron chi connectivity index (χ2n) is 4.86. The van der Waals surface area contributed by atoms with Crippen LogP contribution < -0.4 is 0 Å². The summed E-state index contributed by atoms with van der Waals surface area (Å²) in [7, 11) is 0. The Bertz CT molecular complexity index is 318. The first-order valence-electron chi connectivity index (χ1n) is 6.29. The normalized spacial score (nSPS) is 12.8. The van der Waals surface area contributed by atoms with Crippen LogP contribution in [-0.4, -0.2) is 11.2 Å². The van der Waals surface area contributed by atoms with Crippen LogP contribution in [0.15, 0.2) is 12.1 Å². The molecule has 16 heavy (non-hydrogen) atoms. The fourth-order valence-electron chi connectivity index (χ4n) is 2.39. The van der Waals surface area contributed by atoms with Gasteiger partial charge in [-0.1, -0.05) is 31.0 Å². The first kappa shape index (κ1) is 13.2. The van der Waals surface area contributed by atoms with E-state index in [9.17, 15) is 5.11 Å². The molecule has 1 heteroatoms. The van der Waals surface area contributed by atoms with E-state index in [0.717, 1.165) is 25.7 Å². The van der Waals surface area contributed by atoms with Gasteiger partial charge in [0.2, 0.25) is 0 Å². The van der Waals surface area contributed by atoms with Crippen molar-refractivity contribution in [3.63, 3.8) is 0 Å². The predicted octanol–water partition coefficient (Wildman–Crippen LogP) is 3.71. The summed E-state index contributed by atoms with van der Waals surface area (Å²) in [5, 5.41) is 9.75. The van der Waals surface area contributed by atoms with Gasteiger partial charge < -0.3 is 5.11 Å². The van der Waals surface area contributed by atoms with Gasteiger partial charge >= 0.3 is 0 Å². The van der Waals surface area contributed by atoms with Gasteiger partial charge in [0.25, 0.3) is 0 Å². The zero-order chi connectivity index (χ0) is 12.1. The van der Waals surface area contributed by atoms with Crippen LogP contribution in [-0.2, 0) is 6.42 Å². The number of rotatable bonds is 5. The third-order valence-electron chi connectivity index (χ3n) is 3.19. The Labute approximate surface area is 99.5 Å². The molecule has 0 saturated carbocycles. The molecule has 0 aliphatic heterocycles. The molecule has 0 amide bonds. The molecule has 1 rings (SSSR count). The van der Waals surface area contributed by atoms with Gasteiger partial charge in [-0.3, -0.25) is 0 Å². The molecule has 0 saturated heterocycles. The largest absolute Gasteiger partial charge is 0.393 e. The standard InChI is InChI=1S/C15H24O/c1-5-6-14(16)7-8-15-12(3)9-11(2)10-13(15)4/h9-10,14,16H,5-8H2,1-4H3. The third kappa shape index (κ3) is 3.64. The Morgan fingerprint density at radius 3 is 2.12 bits per heavy atom. The summed E-state index contributed by atoms with van der Waals surface area (Å²) in [5.41, 5.74) is 5.47. The molecule has 1 aromatic carbocycles. The van der Waals surface area contributed by atoms with Crippen molar-refractivity contribution >= 4 is 0 Å². The topological polar surface area (TPSA) is 20.2 Å². The molecule has 0 aromatic heterocycles. The molecule has 1 N–H and O–H groups in total. The van der Waals surface area contributed by atoms with E-state index in [0.29, 0.717) is 0 Å². The van der Waals surface area contributed by atoms with Gasteiger partial charge in [0.15, 0.2) is 0 Å². The van der Waals surface area contributed by atoms with Crippen LogP contribution in [0, 0.1) is 20.8 Å². The summed E-state index contributed by atoms with van der Waals surface area (Å²) in [6.07, 6.45) is 3.74. The van der Waals surface area contributed by atoms with Gasteiger partial charge in [0, 0.05) is 0 Å². The van der Waals surface area contributed by atoms with Crippen LogP contribution in [0.1, 0.15) is 48.4 Å². The number of aryl methyl sites for hydroxylation is 3. The molecule has 0 fully saturated rings. The van der Waals surface area contributed by atoms with E-state index < -0.39 is 0 Å². The Hall–Kier alpha value is -0.820. The SMILES string of the molecule is CCCC(O)CCc1c(C)cc(C)cc1C. The van der Waals surface area contributed by atoms with Crippen molar-refractivity contribution in [1.82, 2.24) is 0 Å². The Balaban J connectivity index is 2.67.